The van der Waals surface area contributed by atoms with Gasteiger partial charge in [-0.3, -0.25) is 4.79 Å². The predicted molar refractivity (Wildman–Crippen MR) is 81.7 cm³/mol. The highest BCUT2D eigenvalue weighted by molar-refractivity contribution is 5.96. The van der Waals surface area contributed by atoms with Crippen molar-refractivity contribution >= 4 is 11.6 Å². The zero-order valence-electron chi connectivity index (χ0n) is 12.3. The van der Waals surface area contributed by atoms with Gasteiger partial charge < -0.3 is 10.6 Å². The summed E-state index contributed by atoms with van der Waals surface area (Å²) in [5.41, 5.74) is 3.57. The Morgan fingerprint density at radius 1 is 1.35 bits per heavy atom. The molecule has 2 aliphatic rings. The molecule has 0 aromatic heterocycles. The van der Waals surface area contributed by atoms with Crippen LogP contribution >= 0.6 is 0 Å². The number of carbonyl (C=O) groups excluding carboxylic acids is 1. The average molecular weight is 272 g/mol. The minimum Gasteiger partial charge on any atom is -0.325 e. The molecule has 20 heavy (non-hydrogen) atoms. The first-order chi connectivity index (χ1) is 9.75. The third-order valence-electron chi connectivity index (χ3n) is 5.11. The zero-order valence-corrected chi connectivity index (χ0v) is 12.3. The van der Waals surface area contributed by atoms with Crippen molar-refractivity contribution in [2.24, 2.45) is 5.41 Å². The van der Waals surface area contributed by atoms with E-state index in [1.165, 1.54) is 24.0 Å². The number of anilines is 1. The molecule has 1 saturated carbocycles. The Kier molecular flexibility index (Phi) is 3.79. The third-order valence-corrected chi connectivity index (χ3v) is 5.11. The molecule has 0 radical (unpaired) electrons. The number of hydrogen-bond acceptors (Lipinski definition) is 2. The van der Waals surface area contributed by atoms with E-state index in [0.717, 1.165) is 44.5 Å². The standard InChI is InChI=1S/C17H24N2O/c1-2-17(9-3-4-10-17)16(20)19-15-7-5-6-13-12-18-11-8-14(13)15/h5-7,18H,2-4,8-12H2,1H3,(H,19,20). The van der Waals surface area contributed by atoms with Gasteiger partial charge in [-0.15, -0.1) is 0 Å². The lowest BCUT2D eigenvalue weighted by Gasteiger charge is -2.28. The first-order valence-corrected chi connectivity index (χ1v) is 7.88. The molecule has 1 aliphatic carbocycles. The molecule has 3 nitrogen and oxygen atoms in total. The lowest BCUT2D eigenvalue weighted by atomic mass is 9.82. The third kappa shape index (κ3) is 2.35. The summed E-state index contributed by atoms with van der Waals surface area (Å²) >= 11 is 0. The molecule has 0 unspecified atom stereocenters. The van der Waals surface area contributed by atoms with Crippen LogP contribution in [0.2, 0.25) is 0 Å². The van der Waals surface area contributed by atoms with E-state index in [-0.39, 0.29) is 11.3 Å². The van der Waals surface area contributed by atoms with Gasteiger partial charge in [0.1, 0.15) is 0 Å². The van der Waals surface area contributed by atoms with Gasteiger partial charge in [-0.2, -0.15) is 0 Å². The highest BCUT2D eigenvalue weighted by Gasteiger charge is 2.39. The van der Waals surface area contributed by atoms with E-state index in [0.29, 0.717) is 0 Å². The summed E-state index contributed by atoms with van der Waals surface area (Å²) < 4.78 is 0. The summed E-state index contributed by atoms with van der Waals surface area (Å²) in [6.45, 7) is 4.06. The van der Waals surface area contributed by atoms with Crippen LogP contribution in [-0.4, -0.2) is 12.5 Å². The molecule has 108 valence electrons. The van der Waals surface area contributed by atoms with Crippen LogP contribution in [0.1, 0.15) is 50.2 Å². The number of carbonyl (C=O) groups is 1. The van der Waals surface area contributed by atoms with Gasteiger partial charge in [0.15, 0.2) is 0 Å². The number of fused-ring (bicyclic) bond motifs is 1. The van der Waals surface area contributed by atoms with Crippen molar-refractivity contribution in [3.8, 4) is 0 Å². The molecule has 0 saturated heterocycles. The Balaban J connectivity index is 1.82. The van der Waals surface area contributed by atoms with Crippen LogP contribution < -0.4 is 10.6 Å². The molecule has 3 heteroatoms. The first-order valence-electron chi connectivity index (χ1n) is 7.88. The van der Waals surface area contributed by atoms with Gasteiger partial charge >= 0.3 is 0 Å². The minimum atomic E-state index is -0.115. The highest BCUT2D eigenvalue weighted by Crippen LogP contribution is 2.42. The normalized spacial score (nSPS) is 20.4. The van der Waals surface area contributed by atoms with Crippen molar-refractivity contribution in [3.63, 3.8) is 0 Å². The molecule has 1 aliphatic heterocycles. The van der Waals surface area contributed by atoms with Crippen LogP contribution in [0.4, 0.5) is 5.69 Å². The van der Waals surface area contributed by atoms with Crippen LogP contribution in [-0.2, 0) is 17.8 Å². The zero-order chi connectivity index (χ0) is 14.0. The molecule has 2 N–H and O–H groups in total. The van der Waals surface area contributed by atoms with Crippen LogP contribution in [0.15, 0.2) is 18.2 Å². The van der Waals surface area contributed by atoms with E-state index in [9.17, 15) is 4.79 Å². The Hall–Kier alpha value is -1.35. The second-order valence-electron chi connectivity index (χ2n) is 6.17. The summed E-state index contributed by atoms with van der Waals surface area (Å²) in [5, 5.41) is 6.62. The predicted octanol–water partition coefficient (Wildman–Crippen LogP) is 3.24. The number of rotatable bonds is 3. The number of nitrogens with one attached hydrogen (secondary N) is 2. The quantitative estimate of drug-likeness (QED) is 0.887. The van der Waals surface area contributed by atoms with Crippen molar-refractivity contribution < 1.29 is 4.79 Å². The van der Waals surface area contributed by atoms with Gasteiger partial charge in [-0.1, -0.05) is 31.9 Å². The largest absolute Gasteiger partial charge is 0.325 e. The summed E-state index contributed by atoms with van der Waals surface area (Å²) in [6.07, 6.45) is 6.44. The van der Waals surface area contributed by atoms with Crippen LogP contribution in [0.25, 0.3) is 0 Å². The summed E-state index contributed by atoms with van der Waals surface area (Å²) in [5.74, 6) is 0.240. The van der Waals surface area contributed by atoms with E-state index in [1.807, 2.05) is 0 Å². The second kappa shape index (κ2) is 5.57. The van der Waals surface area contributed by atoms with Crippen LogP contribution in [0.5, 0.6) is 0 Å². The second-order valence-corrected chi connectivity index (χ2v) is 6.17. The maximum absolute atomic E-state index is 12.7. The number of amides is 1. The average Bonchev–Trinajstić information content (AvgIpc) is 2.98. The van der Waals surface area contributed by atoms with Gasteiger partial charge in [0, 0.05) is 17.6 Å². The molecule has 1 aromatic rings. The molecule has 1 amide bonds. The van der Waals surface area contributed by atoms with Gasteiger partial charge in [0.25, 0.3) is 0 Å². The minimum absolute atomic E-state index is 0.115. The Morgan fingerprint density at radius 3 is 2.90 bits per heavy atom. The summed E-state index contributed by atoms with van der Waals surface area (Å²) in [6, 6.07) is 6.26. The van der Waals surface area contributed by atoms with Gasteiger partial charge in [0.2, 0.25) is 5.91 Å². The molecule has 3 rings (SSSR count). The van der Waals surface area contributed by atoms with E-state index < -0.39 is 0 Å². The van der Waals surface area contributed by atoms with E-state index in [2.05, 4.69) is 35.8 Å². The Labute approximate surface area is 121 Å². The Morgan fingerprint density at radius 2 is 2.15 bits per heavy atom. The molecule has 0 spiro atoms. The summed E-state index contributed by atoms with van der Waals surface area (Å²) in [7, 11) is 0. The SMILES string of the molecule is CCC1(C(=O)Nc2cccc3c2CCNC3)CCCC1. The molecular weight excluding hydrogens is 248 g/mol. The molecule has 0 bridgehead atoms. The van der Waals surface area contributed by atoms with Crippen LogP contribution in [0, 0.1) is 5.41 Å². The maximum Gasteiger partial charge on any atom is 0.230 e. The van der Waals surface area contributed by atoms with Crippen LogP contribution in [0.3, 0.4) is 0 Å². The lowest BCUT2D eigenvalue weighted by molar-refractivity contribution is -0.125. The van der Waals surface area contributed by atoms with Gasteiger partial charge in [-0.25, -0.2) is 0 Å². The fraction of sp³-hybridized carbons (Fsp3) is 0.588. The fourth-order valence-electron chi connectivity index (χ4n) is 3.70. The van der Waals surface area contributed by atoms with Crippen molar-refractivity contribution in [2.75, 3.05) is 11.9 Å². The first kappa shape index (κ1) is 13.6. The topological polar surface area (TPSA) is 41.1 Å². The smallest absolute Gasteiger partial charge is 0.230 e. The van der Waals surface area contributed by atoms with Crippen molar-refractivity contribution in [2.45, 2.75) is 52.0 Å². The van der Waals surface area contributed by atoms with Gasteiger partial charge in [0.05, 0.1) is 0 Å². The molecule has 1 heterocycles. The van der Waals surface area contributed by atoms with Crippen molar-refractivity contribution in [3.05, 3.63) is 29.3 Å². The number of benzene rings is 1. The summed E-state index contributed by atoms with van der Waals surface area (Å²) in [4.78, 5) is 12.7. The molecule has 1 fully saturated rings. The van der Waals surface area contributed by atoms with E-state index in [4.69, 9.17) is 0 Å². The Bertz CT molecular complexity index is 504. The van der Waals surface area contributed by atoms with E-state index >= 15 is 0 Å². The lowest BCUT2D eigenvalue weighted by Crippen LogP contribution is -2.34. The highest BCUT2D eigenvalue weighted by atomic mass is 16.2. The fourth-order valence-corrected chi connectivity index (χ4v) is 3.70. The molecular formula is C17H24N2O. The van der Waals surface area contributed by atoms with Crippen molar-refractivity contribution in [1.29, 1.82) is 0 Å². The molecule has 0 atom stereocenters. The monoisotopic (exact) mass is 272 g/mol. The van der Waals surface area contributed by atoms with Crippen molar-refractivity contribution in [1.82, 2.24) is 5.32 Å². The van der Waals surface area contributed by atoms with Gasteiger partial charge in [-0.05, 0) is 49.4 Å². The maximum atomic E-state index is 12.7. The molecule has 1 aromatic carbocycles. The number of hydrogen-bond donors (Lipinski definition) is 2. The van der Waals surface area contributed by atoms with E-state index in [1.54, 1.807) is 0 Å².